The van der Waals surface area contributed by atoms with E-state index in [9.17, 15) is 9.59 Å². The Balaban J connectivity index is 1.50. The van der Waals surface area contributed by atoms with Gasteiger partial charge in [0.1, 0.15) is 6.10 Å². The molecule has 8 heteroatoms. The van der Waals surface area contributed by atoms with Gasteiger partial charge in [-0.2, -0.15) is 0 Å². The maximum absolute atomic E-state index is 12.2. The first kappa shape index (κ1) is 19.2. The Hall–Kier alpha value is -2.61. The zero-order valence-electron chi connectivity index (χ0n) is 14.6. The molecular formula is C19H21ClN4O3. The minimum absolute atomic E-state index is 0.0496. The molecule has 1 fully saturated rings. The molecule has 1 heterocycles. The van der Waals surface area contributed by atoms with Crippen LogP contribution in [0.1, 0.15) is 12.8 Å². The summed E-state index contributed by atoms with van der Waals surface area (Å²) < 4.78 is 5.57. The van der Waals surface area contributed by atoms with E-state index in [4.69, 9.17) is 22.1 Å². The molecule has 2 atom stereocenters. The lowest BCUT2D eigenvalue weighted by atomic mass is 10.2. The van der Waals surface area contributed by atoms with Crippen LogP contribution in [-0.4, -0.2) is 30.7 Å². The first-order valence-corrected chi connectivity index (χ1v) is 9.01. The van der Waals surface area contributed by atoms with E-state index >= 15 is 0 Å². The van der Waals surface area contributed by atoms with Crippen LogP contribution in [0.5, 0.6) is 0 Å². The number of nitrogens with two attached hydrogens (primary N) is 1. The number of anilines is 3. The number of halogens is 1. The van der Waals surface area contributed by atoms with Crippen molar-refractivity contribution in [3.05, 3.63) is 53.6 Å². The number of ether oxygens (including phenoxy) is 1. The van der Waals surface area contributed by atoms with E-state index in [2.05, 4.69) is 16.0 Å². The van der Waals surface area contributed by atoms with Crippen LogP contribution in [0.2, 0.25) is 5.02 Å². The van der Waals surface area contributed by atoms with E-state index in [-0.39, 0.29) is 18.0 Å². The van der Waals surface area contributed by atoms with Gasteiger partial charge in [0.15, 0.2) is 0 Å². The Kier molecular flexibility index (Phi) is 6.28. The highest BCUT2D eigenvalue weighted by Crippen LogP contribution is 2.21. The van der Waals surface area contributed by atoms with Gasteiger partial charge in [0, 0.05) is 28.6 Å². The van der Waals surface area contributed by atoms with Crippen LogP contribution in [0.25, 0.3) is 0 Å². The van der Waals surface area contributed by atoms with E-state index in [1.54, 1.807) is 48.5 Å². The smallest absolute Gasteiger partial charge is 0.323 e. The predicted molar refractivity (Wildman–Crippen MR) is 106 cm³/mol. The van der Waals surface area contributed by atoms with Gasteiger partial charge in [-0.05, 0) is 61.4 Å². The highest BCUT2D eigenvalue weighted by molar-refractivity contribution is 6.30. The third-order valence-electron chi connectivity index (χ3n) is 4.18. The average Bonchev–Trinajstić information content (AvgIpc) is 3.15. The summed E-state index contributed by atoms with van der Waals surface area (Å²) in [6, 6.07) is 13.3. The van der Waals surface area contributed by atoms with Crippen LogP contribution in [0.4, 0.5) is 21.9 Å². The minimum Gasteiger partial charge on any atom is -0.364 e. The van der Waals surface area contributed by atoms with Gasteiger partial charge in [0.25, 0.3) is 5.91 Å². The van der Waals surface area contributed by atoms with Gasteiger partial charge in [0.05, 0.1) is 6.10 Å². The van der Waals surface area contributed by atoms with Crippen molar-refractivity contribution >= 4 is 40.6 Å². The second kappa shape index (κ2) is 8.85. The molecule has 1 saturated heterocycles. The van der Waals surface area contributed by atoms with Gasteiger partial charge < -0.3 is 26.4 Å². The Morgan fingerprint density at radius 2 is 1.44 bits per heavy atom. The molecule has 1 aliphatic heterocycles. The molecule has 0 unspecified atom stereocenters. The Bertz CT molecular complexity index is 796. The molecule has 2 aromatic rings. The molecule has 3 amide bonds. The molecule has 0 aliphatic carbocycles. The second-order valence-electron chi connectivity index (χ2n) is 6.21. The highest BCUT2D eigenvalue weighted by atomic mass is 35.5. The number of urea groups is 1. The summed E-state index contributed by atoms with van der Waals surface area (Å²) in [5.74, 6) is -0.188. The monoisotopic (exact) mass is 388 g/mol. The fourth-order valence-corrected chi connectivity index (χ4v) is 2.88. The van der Waals surface area contributed by atoms with Crippen LogP contribution in [0.15, 0.2) is 48.5 Å². The Morgan fingerprint density at radius 3 is 1.96 bits per heavy atom. The lowest BCUT2D eigenvalue weighted by molar-refractivity contribution is -0.126. The van der Waals surface area contributed by atoms with Crippen LogP contribution >= 0.6 is 11.6 Å². The van der Waals surface area contributed by atoms with Gasteiger partial charge in [-0.15, -0.1) is 0 Å². The summed E-state index contributed by atoms with van der Waals surface area (Å²) in [5, 5.41) is 8.83. The van der Waals surface area contributed by atoms with Crippen LogP contribution in [-0.2, 0) is 9.53 Å². The molecule has 0 radical (unpaired) electrons. The first-order valence-electron chi connectivity index (χ1n) is 8.63. The van der Waals surface area contributed by atoms with Crippen molar-refractivity contribution in [1.82, 2.24) is 0 Å². The zero-order valence-corrected chi connectivity index (χ0v) is 15.3. The lowest BCUT2D eigenvalue weighted by Gasteiger charge is -2.13. The van der Waals surface area contributed by atoms with Gasteiger partial charge in [-0.3, -0.25) is 4.79 Å². The van der Waals surface area contributed by atoms with Gasteiger partial charge >= 0.3 is 6.03 Å². The fourth-order valence-electron chi connectivity index (χ4n) is 2.76. The number of amides is 3. The number of rotatable bonds is 5. The quantitative estimate of drug-likeness (QED) is 0.629. The second-order valence-corrected chi connectivity index (χ2v) is 6.65. The van der Waals surface area contributed by atoms with Gasteiger partial charge in [0.2, 0.25) is 0 Å². The van der Waals surface area contributed by atoms with E-state index in [0.29, 0.717) is 35.1 Å². The number of hydrogen-bond acceptors (Lipinski definition) is 4. The molecule has 0 saturated carbocycles. The topological polar surface area (TPSA) is 105 Å². The van der Waals surface area contributed by atoms with Crippen molar-refractivity contribution in [2.45, 2.75) is 25.0 Å². The molecule has 2 aromatic carbocycles. The SMILES string of the molecule is NC[C@H]1CC[C@@H](C(=O)Nc2ccc(NC(=O)Nc3ccc(Cl)cc3)cc2)O1. The number of nitrogens with one attached hydrogen (secondary N) is 3. The summed E-state index contributed by atoms with van der Waals surface area (Å²) >= 11 is 5.81. The van der Waals surface area contributed by atoms with Gasteiger partial charge in [-0.1, -0.05) is 11.6 Å². The number of hydrogen-bond donors (Lipinski definition) is 4. The zero-order chi connectivity index (χ0) is 19.2. The van der Waals surface area contributed by atoms with Crippen LogP contribution < -0.4 is 21.7 Å². The largest absolute Gasteiger partial charge is 0.364 e. The third kappa shape index (κ3) is 5.43. The molecule has 3 rings (SSSR count). The Morgan fingerprint density at radius 1 is 0.926 bits per heavy atom. The molecular weight excluding hydrogens is 368 g/mol. The number of carbonyl (C=O) groups excluding carboxylic acids is 2. The maximum Gasteiger partial charge on any atom is 0.323 e. The summed E-state index contributed by atoms with van der Waals surface area (Å²) in [7, 11) is 0. The first-order chi connectivity index (χ1) is 13.0. The van der Waals surface area contributed by atoms with Crippen molar-refractivity contribution in [2.24, 2.45) is 5.73 Å². The van der Waals surface area contributed by atoms with E-state index in [1.165, 1.54) is 0 Å². The predicted octanol–water partition coefficient (Wildman–Crippen LogP) is 3.43. The number of benzene rings is 2. The molecule has 0 aromatic heterocycles. The van der Waals surface area contributed by atoms with Gasteiger partial charge in [-0.25, -0.2) is 4.79 Å². The Labute approximate surface area is 162 Å². The maximum atomic E-state index is 12.2. The average molecular weight is 389 g/mol. The fraction of sp³-hybridized carbons (Fsp3) is 0.263. The van der Waals surface area contributed by atoms with Crippen LogP contribution in [0, 0.1) is 0 Å². The molecule has 1 aliphatic rings. The molecule has 0 bridgehead atoms. The molecule has 27 heavy (non-hydrogen) atoms. The van der Waals surface area contributed by atoms with Crippen molar-refractivity contribution in [3.8, 4) is 0 Å². The number of carbonyl (C=O) groups is 2. The molecule has 7 nitrogen and oxygen atoms in total. The van der Waals surface area contributed by atoms with Crippen molar-refractivity contribution in [1.29, 1.82) is 0 Å². The standard InChI is InChI=1S/C19H21ClN4O3/c20-12-1-3-14(4-2-12)23-19(26)24-15-7-5-13(6-8-15)22-18(25)17-10-9-16(11-21)27-17/h1-8,16-17H,9-11,21H2,(H,22,25)(H2,23,24,26)/t16-,17+/m1/s1. The van der Waals surface area contributed by atoms with Crippen molar-refractivity contribution < 1.29 is 14.3 Å². The third-order valence-corrected chi connectivity index (χ3v) is 4.43. The normalized spacial score (nSPS) is 18.7. The summed E-state index contributed by atoms with van der Waals surface area (Å²) in [6.45, 7) is 0.419. The molecule has 142 valence electrons. The van der Waals surface area contributed by atoms with E-state index < -0.39 is 6.10 Å². The highest BCUT2D eigenvalue weighted by Gasteiger charge is 2.29. The van der Waals surface area contributed by atoms with Crippen molar-refractivity contribution in [3.63, 3.8) is 0 Å². The lowest BCUT2D eigenvalue weighted by Crippen LogP contribution is -2.29. The molecule has 0 spiro atoms. The van der Waals surface area contributed by atoms with E-state index in [1.807, 2.05) is 0 Å². The van der Waals surface area contributed by atoms with Crippen molar-refractivity contribution in [2.75, 3.05) is 22.5 Å². The molecule has 5 N–H and O–H groups in total. The summed E-state index contributed by atoms with van der Waals surface area (Å²) in [4.78, 5) is 24.2. The van der Waals surface area contributed by atoms with E-state index in [0.717, 1.165) is 6.42 Å². The summed E-state index contributed by atoms with van der Waals surface area (Å²) in [5.41, 5.74) is 7.42. The minimum atomic E-state index is -0.471. The van der Waals surface area contributed by atoms with Crippen LogP contribution in [0.3, 0.4) is 0 Å². The summed E-state index contributed by atoms with van der Waals surface area (Å²) in [6.07, 6.45) is 0.936.